The van der Waals surface area contributed by atoms with Crippen LogP contribution in [0.1, 0.15) is 31.9 Å². The van der Waals surface area contributed by atoms with E-state index in [1.54, 1.807) is 6.20 Å². The summed E-state index contributed by atoms with van der Waals surface area (Å²) in [6.07, 6.45) is 5.38. The maximum absolute atomic E-state index is 7.76. The van der Waals surface area contributed by atoms with Gasteiger partial charge in [-0.2, -0.15) is 0 Å². The van der Waals surface area contributed by atoms with E-state index in [1.165, 1.54) is 10.9 Å². The molecule has 0 fully saturated rings. The number of hydrogen-bond acceptors (Lipinski definition) is 5. The van der Waals surface area contributed by atoms with Gasteiger partial charge in [0.05, 0.1) is 5.69 Å². The van der Waals surface area contributed by atoms with Crippen molar-refractivity contribution in [2.24, 2.45) is 0 Å². The highest BCUT2D eigenvalue weighted by atomic mass is 16.5. The van der Waals surface area contributed by atoms with Crippen molar-refractivity contribution in [2.75, 3.05) is 5.32 Å². The van der Waals surface area contributed by atoms with Crippen LogP contribution in [0, 0.1) is 5.41 Å². The summed E-state index contributed by atoms with van der Waals surface area (Å²) in [5.41, 5.74) is 5.11. The number of hydrogen-bond donors (Lipinski definition) is 2. The van der Waals surface area contributed by atoms with Crippen LogP contribution in [0.5, 0.6) is 5.75 Å². The summed E-state index contributed by atoms with van der Waals surface area (Å²) >= 11 is 0. The van der Waals surface area contributed by atoms with Crippen molar-refractivity contribution in [3.8, 4) is 17.0 Å². The minimum absolute atomic E-state index is 0.305. The molecule has 2 aromatic carbocycles. The highest BCUT2D eigenvalue weighted by Gasteiger charge is 2.15. The molecular weight excluding hydrogens is 374 g/mol. The molecule has 0 bridgehead atoms. The van der Waals surface area contributed by atoms with Crippen molar-refractivity contribution in [3.05, 3.63) is 66.5 Å². The molecular formula is C24H23N5O. The molecule has 4 aromatic rings. The van der Waals surface area contributed by atoms with Crippen molar-refractivity contribution in [3.63, 3.8) is 0 Å². The van der Waals surface area contributed by atoms with Crippen molar-refractivity contribution >= 4 is 28.4 Å². The molecule has 1 aliphatic heterocycles. The smallest absolute Gasteiger partial charge is 0.227 e. The first kappa shape index (κ1) is 18.4. The number of fused-ring (bicyclic) bond motifs is 2. The van der Waals surface area contributed by atoms with E-state index in [-0.39, 0.29) is 0 Å². The first-order chi connectivity index (χ1) is 14.6. The van der Waals surface area contributed by atoms with Gasteiger partial charge >= 0.3 is 0 Å². The molecule has 0 unspecified atom stereocenters. The first-order valence-corrected chi connectivity index (χ1v) is 10.2. The Bertz CT molecular complexity index is 1260. The molecule has 150 valence electrons. The van der Waals surface area contributed by atoms with Crippen LogP contribution in [0.2, 0.25) is 0 Å². The third-order valence-electron chi connectivity index (χ3n) is 5.43. The van der Waals surface area contributed by atoms with Crippen molar-refractivity contribution in [2.45, 2.75) is 32.7 Å². The molecule has 5 rings (SSSR count). The fraction of sp³-hybridized carbons (Fsp3) is 0.208. The van der Waals surface area contributed by atoms with Gasteiger partial charge in [0.1, 0.15) is 5.75 Å². The van der Waals surface area contributed by atoms with E-state index in [0.717, 1.165) is 34.7 Å². The first-order valence-electron chi connectivity index (χ1n) is 10.2. The topological polar surface area (TPSA) is 75.8 Å². The number of benzene rings is 2. The van der Waals surface area contributed by atoms with Crippen molar-refractivity contribution in [1.29, 1.82) is 5.41 Å². The zero-order chi connectivity index (χ0) is 20.7. The van der Waals surface area contributed by atoms with Crippen LogP contribution in [0.15, 0.2) is 60.9 Å². The lowest BCUT2D eigenvalue weighted by molar-refractivity contribution is 0.499. The molecule has 0 amide bonds. The highest BCUT2D eigenvalue weighted by Crippen LogP contribution is 2.32. The van der Waals surface area contributed by atoms with Gasteiger partial charge in [-0.05, 0) is 50.1 Å². The van der Waals surface area contributed by atoms with E-state index in [4.69, 9.17) is 15.1 Å². The van der Waals surface area contributed by atoms with Crippen LogP contribution in [0.3, 0.4) is 0 Å². The quantitative estimate of drug-likeness (QED) is 0.461. The lowest BCUT2D eigenvalue weighted by Crippen LogP contribution is -2.15. The minimum atomic E-state index is 0.305. The molecule has 3 heterocycles. The van der Waals surface area contributed by atoms with Crippen LogP contribution in [0.4, 0.5) is 11.6 Å². The molecule has 2 N–H and O–H groups in total. The van der Waals surface area contributed by atoms with E-state index >= 15 is 0 Å². The largest absolute Gasteiger partial charge is 0.443 e. The van der Waals surface area contributed by atoms with Gasteiger partial charge in [0, 0.05) is 53.1 Å². The van der Waals surface area contributed by atoms with E-state index in [0.29, 0.717) is 24.3 Å². The summed E-state index contributed by atoms with van der Waals surface area (Å²) in [6, 6.07) is 16.7. The zero-order valence-electron chi connectivity index (χ0n) is 17.0. The second kappa shape index (κ2) is 7.30. The van der Waals surface area contributed by atoms with E-state index in [2.05, 4.69) is 59.2 Å². The van der Waals surface area contributed by atoms with Crippen LogP contribution >= 0.6 is 0 Å². The molecule has 6 heteroatoms. The van der Waals surface area contributed by atoms with Crippen LogP contribution < -0.4 is 10.1 Å². The summed E-state index contributed by atoms with van der Waals surface area (Å²) in [5, 5.41) is 12.2. The predicted molar refractivity (Wildman–Crippen MR) is 120 cm³/mol. The summed E-state index contributed by atoms with van der Waals surface area (Å²) in [6.45, 7) is 4.37. The lowest BCUT2D eigenvalue weighted by Gasteiger charge is -2.18. The van der Waals surface area contributed by atoms with Gasteiger partial charge in [-0.25, -0.2) is 9.97 Å². The van der Waals surface area contributed by atoms with Gasteiger partial charge in [-0.1, -0.05) is 18.2 Å². The second-order valence-corrected chi connectivity index (χ2v) is 7.79. The van der Waals surface area contributed by atoms with Gasteiger partial charge in [0.25, 0.3) is 0 Å². The third-order valence-corrected chi connectivity index (χ3v) is 5.43. The third kappa shape index (κ3) is 3.30. The SMILES string of the molecule is CC(C)n1ccc2c(-c3ccnc(Nc4ccc5c(c4)OC(=N)CC5)n3)cccc21. The zero-order valence-corrected chi connectivity index (χ0v) is 17.0. The predicted octanol–water partition coefficient (Wildman–Crippen LogP) is 5.73. The van der Waals surface area contributed by atoms with Crippen LogP contribution in [0.25, 0.3) is 22.2 Å². The number of aryl methyl sites for hydroxylation is 1. The molecule has 0 spiro atoms. The summed E-state index contributed by atoms with van der Waals surface area (Å²) < 4.78 is 7.84. The Kier molecular flexibility index (Phi) is 4.47. The van der Waals surface area contributed by atoms with Gasteiger partial charge < -0.3 is 14.6 Å². The number of anilines is 2. The highest BCUT2D eigenvalue weighted by molar-refractivity contribution is 5.94. The number of nitrogens with one attached hydrogen (secondary N) is 2. The average molecular weight is 397 g/mol. The van der Waals surface area contributed by atoms with Gasteiger partial charge in [0.2, 0.25) is 5.95 Å². The summed E-state index contributed by atoms with van der Waals surface area (Å²) in [5.74, 6) is 1.56. The van der Waals surface area contributed by atoms with Gasteiger partial charge in [-0.15, -0.1) is 0 Å². The fourth-order valence-electron chi connectivity index (χ4n) is 3.93. The number of nitrogens with zero attached hydrogens (tertiary/aromatic N) is 3. The Morgan fingerprint density at radius 2 is 2.00 bits per heavy atom. The number of aromatic nitrogens is 3. The van der Waals surface area contributed by atoms with E-state index < -0.39 is 0 Å². The second-order valence-electron chi connectivity index (χ2n) is 7.79. The molecule has 0 atom stereocenters. The Morgan fingerprint density at radius 3 is 2.87 bits per heavy atom. The molecule has 0 saturated carbocycles. The maximum Gasteiger partial charge on any atom is 0.227 e. The normalized spacial score (nSPS) is 13.4. The minimum Gasteiger partial charge on any atom is -0.443 e. The maximum atomic E-state index is 7.76. The molecule has 0 radical (unpaired) electrons. The number of rotatable bonds is 4. The summed E-state index contributed by atoms with van der Waals surface area (Å²) in [4.78, 5) is 9.15. The molecule has 30 heavy (non-hydrogen) atoms. The molecule has 2 aromatic heterocycles. The van der Waals surface area contributed by atoms with Gasteiger partial charge in [0.15, 0.2) is 5.90 Å². The van der Waals surface area contributed by atoms with Crippen LogP contribution in [-0.4, -0.2) is 20.4 Å². The standard InChI is InChI=1S/C24H23N5O/c1-15(2)29-13-11-19-18(4-3-5-21(19)29)20-10-12-26-24(28-20)27-17-8-6-16-7-9-23(25)30-22(16)14-17/h3-6,8,10-15,25H,7,9H2,1-2H3,(H,26,27,28). The van der Waals surface area contributed by atoms with E-state index in [1.807, 2.05) is 24.3 Å². The Balaban J connectivity index is 1.48. The lowest BCUT2D eigenvalue weighted by atomic mass is 10.1. The van der Waals surface area contributed by atoms with E-state index in [9.17, 15) is 0 Å². The Hall–Kier alpha value is -3.67. The Morgan fingerprint density at radius 1 is 1.10 bits per heavy atom. The van der Waals surface area contributed by atoms with Crippen molar-refractivity contribution in [1.82, 2.24) is 14.5 Å². The fourth-order valence-corrected chi connectivity index (χ4v) is 3.93. The molecule has 0 aliphatic carbocycles. The molecule has 0 saturated heterocycles. The van der Waals surface area contributed by atoms with Crippen LogP contribution in [-0.2, 0) is 6.42 Å². The molecule has 6 nitrogen and oxygen atoms in total. The Labute approximate surface area is 175 Å². The molecule has 1 aliphatic rings. The number of ether oxygens (including phenoxy) is 1. The summed E-state index contributed by atoms with van der Waals surface area (Å²) in [7, 11) is 0. The average Bonchev–Trinajstić information content (AvgIpc) is 3.18. The van der Waals surface area contributed by atoms with Crippen molar-refractivity contribution < 1.29 is 4.74 Å². The monoisotopic (exact) mass is 397 g/mol. The van der Waals surface area contributed by atoms with Gasteiger partial charge in [-0.3, -0.25) is 5.41 Å².